The lowest BCUT2D eigenvalue weighted by molar-refractivity contribution is -0.123. The van der Waals surface area contributed by atoms with Gasteiger partial charge in [-0.3, -0.25) is 4.79 Å². The molecule has 2 nitrogen and oxygen atoms in total. The molecule has 0 fully saturated rings. The summed E-state index contributed by atoms with van der Waals surface area (Å²) in [4.78, 5) is 12.2. The van der Waals surface area contributed by atoms with Crippen LogP contribution in [0, 0.1) is 17.2 Å². The summed E-state index contributed by atoms with van der Waals surface area (Å²) in [7, 11) is 0. The summed E-state index contributed by atoms with van der Waals surface area (Å²) in [6, 6.07) is 6.96. The van der Waals surface area contributed by atoms with E-state index in [0.717, 1.165) is 12.8 Å². The molecule has 1 atom stereocenters. The van der Waals surface area contributed by atoms with Gasteiger partial charge >= 0.3 is 0 Å². The molecule has 0 amide bonds. The van der Waals surface area contributed by atoms with E-state index in [1.165, 1.54) is 0 Å². The van der Waals surface area contributed by atoms with Gasteiger partial charge in [-0.25, -0.2) is 0 Å². The van der Waals surface area contributed by atoms with Crippen LogP contribution in [0.5, 0.6) is 0 Å². The predicted octanol–water partition coefficient (Wildman–Crippen LogP) is 4.61. The van der Waals surface area contributed by atoms with E-state index in [4.69, 9.17) is 23.2 Å². The van der Waals surface area contributed by atoms with Gasteiger partial charge in [0.2, 0.25) is 0 Å². The number of Topliss-reactive ketones (excluding diaryl/α,β-unsaturated/α-hetero) is 1. The summed E-state index contributed by atoms with van der Waals surface area (Å²) < 4.78 is 0. The Bertz CT molecular complexity index is 475. The SMILES string of the molecule is CCC(CC)C(=O)C(C#N)c1ccc(Cl)c(Cl)c1. The molecule has 0 saturated carbocycles. The number of carbonyl (C=O) groups is 1. The molecule has 0 bridgehead atoms. The standard InChI is InChI=1S/C14H15Cl2NO/c1-3-9(4-2)14(18)11(8-17)10-5-6-12(15)13(16)7-10/h5-7,9,11H,3-4H2,1-2H3. The van der Waals surface area contributed by atoms with Gasteiger partial charge in [0, 0.05) is 5.92 Å². The minimum absolute atomic E-state index is 0.0408. The van der Waals surface area contributed by atoms with E-state index in [0.29, 0.717) is 15.6 Å². The van der Waals surface area contributed by atoms with Gasteiger partial charge in [0.15, 0.2) is 5.78 Å². The zero-order chi connectivity index (χ0) is 13.7. The van der Waals surface area contributed by atoms with Crippen LogP contribution in [-0.2, 0) is 4.79 Å². The third-order valence-corrected chi connectivity index (χ3v) is 3.82. The topological polar surface area (TPSA) is 40.9 Å². The second-order valence-corrected chi connectivity index (χ2v) is 4.97. The first-order valence-electron chi connectivity index (χ1n) is 5.93. The van der Waals surface area contributed by atoms with Crippen molar-refractivity contribution < 1.29 is 4.79 Å². The van der Waals surface area contributed by atoms with Crippen LogP contribution in [0.3, 0.4) is 0 Å². The maximum Gasteiger partial charge on any atom is 0.157 e. The number of ketones is 1. The molecule has 96 valence electrons. The van der Waals surface area contributed by atoms with Gasteiger partial charge in [-0.15, -0.1) is 0 Å². The lowest BCUT2D eigenvalue weighted by Crippen LogP contribution is -2.20. The van der Waals surface area contributed by atoms with Crippen molar-refractivity contribution in [2.75, 3.05) is 0 Å². The highest BCUT2D eigenvalue weighted by atomic mass is 35.5. The van der Waals surface area contributed by atoms with Crippen LogP contribution >= 0.6 is 23.2 Å². The minimum Gasteiger partial charge on any atom is -0.298 e. The molecule has 0 N–H and O–H groups in total. The van der Waals surface area contributed by atoms with Crippen molar-refractivity contribution in [2.45, 2.75) is 32.6 Å². The molecular weight excluding hydrogens is 269 g/mol. The van der Waals surface area contributed by atoms with Crippen molar-refractivity contribution >= 4 is 29.0 Å². The first-order valence-corrected chi connectivity index (χ1v) is 6.69. The van der Waals surface area contributed by atoms with E-state index in [9.17, 15) is 10.1 Å². The van der Waals surface area contributed by atoms with E-state index in [1.807, 2.05) is 13.8 Å². The highest BCUT2D eigenvalue weighted by molar-refractivity contribution is 6.42. The fourth-order valence-electron chi connectivity index (χ4n) is 1.92. The number of hydrogen-bond donors (Lipinski definition) is 0. The summed E-state index contributed by atoms with van der Waals surface area (Å²) in [6.07, 6.45) is 1.49. The molecule has 18 heavy (non-hydrogen) atoms. The Morgan fingerprint density at radius 1 is 1.28 bits per heavy atom. The van der Waals surface area contributed by atoms with E-state index in [1.54, 1.807) is 18.2 Å². The Kier molecular flexibility index (Phi) is 5.65. The normalized spacial score (nSPS) is 12.2. The van der Waals surface area contributed by atoms with E-state index < -0.39 is 5.92 Å². The zero-order valence-corrected chi connectivity index (χ0v) is 11.9. The minimum atomic E-state index is -0.760. The second kappa shape index (κ2) is 6.78. The summed E-state index contributed by atoms with van der Waals surface area (Å²) in [5, 5.41) is 9.99. The number of nitrogens with zero attached hydrogens (tertiary/aromatic N) is 1. The van der Waals surface area contributed by atoms with Gasteiger partial charge in [0.1, 0.15) is 5.92 Å². The molecule has 4 heteroatoms. The van der Waals surface area contributed by atoms with Crippen molar-refractivity contribution in [1.29, 1.82) is 5.26 Å². The molecule has 0 aliphatic carbocycles. The van der Waals surface area contributed by atoms with Gasteiger partial charge in [0.05, 0.1) is 16.1 Å². The fourth-order valence-corrected chi connectivity index (χ4v) is 2.23. The Balaban J connectivity index is 3.07. The van der Waals surface area contributed by atoms with Crippen LogP contribution < -0.4 is 0 Å². The number of hydrogen-bond acceptors (Lipinski definition) is 2. The predicted molar refractivity (Wildman–Crippen MR) is 73.9 cm³/mol. The van der Waals surface area contributed by atoms with Crippen molar-refractivity contribution in [1.82, 2.24) is 0 Å². The van der Waals surface area contributed by atoms with Gasteiger partial charge in [-0.2, -0.15) is 5.26 Å². The van der Waals surface area contributed by atoms with Gasteiger partial charge in [-0.05, 0) is 30.5 Å². The lowest BCUT2D eigenvalue weighted by atomic mass is 9.86. The number of benzene rings is 1. The van der Waals surface area contributed by atoms with E-state index >= 15 is 0 Å². The van der Waals surface area contributed by atoms with E-state index in [-0.39, 0.29) is 11.7 Å². The smallest absolute Gasteiger partial charge is 0.157 e. The van der Waals surface area contributed by atoms with Crippen molar-refractivity contribution in [3.63, 3.8) is 0 Å². The van der Waals surface area contributed by atoms with Crippen LogP contribution in [0.1, 0.15) is 38.2 Å². The maximum absolute atomic E-state index is 12.2. The third-order valence-electron chi connectivity index (χ3n) is 3.08. The number of halogens is 2. The van der Waals surface area contributed by atoms with Crippen LogP contribution in [0.15, 0.2) is 18.2 Å². The highest BCUT2D eigenvalue weighted by Crippen LogP contribution is 2.29. The van der Waals surface area contributed by atoms with Crippen molar-refractivity contribution in [3.05, 3.63) is 33.8 Å². The molecule has 0 aliphatic rings. The first kappa shape index (κ1) is 15.0. The number of carbonyl (C=O) groups excluding carboxylic acids is 1. The van der Waals surface area contributed by atoms with Crippen LogP contribution in [0.25, 0.3) is 0 Å². The Morgan fingerprint density at radius 3 is 2.33 bits per heavy atom. The molecule has 1 rings (SSSR count). The molecular formula is C14H15Cl2NO. The highest BCUT2D eigenvalue weighted by Gasteiger charge is 2.26. The van der Waals surface area contributed by atoms with Crippen molar-refractivity contribution in [2.24, 2.45) is 5.92 Å². The largest absolute Gasteiger partial charge is 0.298 e. The number of nitriles is 1. The fraction of sp³-hybridized carbons (Fsp3) is 0.429. The monoisotopic (exact) mass is 283 g/mol. The Hall–Kier alpha value is -1.04. The molecule has 1 aromatic carbocycles. The molecule has 0 aliphatic heterocycles. The molecule has 0 spiro atoms. The summed E-state index contributed by atoms with van der Waals surface area (Å²) in [5.41, 5.74) is 0.615. The summed E-state index contributed by atoms with van der Waals surface area (Å²) in [5.74, 6) is -0.880. The van der Waals surface area contributed by atoms with Crippen molar-refractivity contribution in [3.8, 4) is 6.07 Å². The quantitative estimate of drug-likeness (QED) is 0.792. The van der Waals surface area contributed by atoms with Crippen LogP contribution in [0.4, 0.5) is 0 Å². The Labute approximate surface area is 118 Å². The molecule has 0 saturated heterocycles. The molecule has 1 aromatic rings. The van der Waals surface area contributed by atoms with Crippen LogP contribution in [0.2, 0.25) is 10.0 Å². The zero-order valence-electron chi connectivity index (χ0n) is 10.4. The van der Waals surface area contributed by atoms with Gasteiger partial charge < -0.3 is 0 Å². The van der Waals surface area contributed by atoms with Crippen LogP contribution in [-0.4, -0.2) is 5.78 Å². The van der Waals surface area contributed by atoms with E-state index in [2.05, 4.69) is 6.07 Å². The molecule has 1 unspecified atom stereocenters. The second-order valence-electron chi connectivity index (χ2n) is 4.15. The van der Waals surface area contributed by atoms with Gasteiger partial charge in [0.25, 0.3) is 0 Å². The number of rotatable bonds is 5. The average molecular weight is 284 g/mol. The first-order chi connectivity index (χ1) is 8.54. The summed E-state index contributed by atoms with van der Waals surface area (Å²) in [6.45, 7) is 3.91. The third kappa shape index (κ3) is 3.25. The summed E-state index contributed by atoms with van der Waals surface area (Å²) >= 11 is 11.7. The lowest BCUT2D eigenvalue weighted by Gasteiger charge is -2.16. The molecule has 0 radical (unpaired) electrons. The maximum atomic E-state index is 12.2. The Morgan fingerprint density at radius 2 is 1.89 bits per heavy atom. The molecule has 0 aromatic heterocycles. The van der Waals surface area contributed by atoms with Gasteiger partial charge in [-0.1, -0.05) is 43.1 Å². The molecule has 0 heterocycles. The average Bonchev–Trinajstić information content (AvgIpc) is 2.36.